The molecule has 3 aromatic rings. The molecule has 0 saturated carbocycles. The van der Waals surface area contributed by atoms with Gasteiger partial charge in [-0.15, -0.1) is 0 Å². The molecule has 0 amide bonds. The molecular weight excluding hydrogens is 389 g/mol. The third kappa shape index (κ3) is 4.60. The summed E-state index contributed by atoms with van der Waals surface area (Å²) in [6, 6.07) is 15.2. The number of nitrogens with two attached hydrogens (primary N) is 1. The van der Waals surface area contributed by atoms with Crippen molar-refractivity contribution in [3.63, 3.8) is 0 Å². The Morgan fingerprint density at radius 2 is 2.00 bits per heavy atom. The predicted octanol–water partition coefficient (Wildman–Crippen LogP) is 4.07. The van der Waals surface area contributed by atoms with E-state index in [-0.39, 0.29) is 5.11 Å². The van der Waals surface area contributed by atoms with E-state index in [1.807, 2.05) is 42.6 Å². The Balaban J connectivity index is 1.95. The highest BCUT2D eigenvalue weighted by molar-refractivity contribution is 7.80. The van der Waals surface area contributed by atoms with Crippen LogP contribution in [0.5, 0.6) is 0 Å². The molecule has 0 aliphatic carbocycles. The molecule has 8 heteroatoms. The summed E-state index contributed by atoms with van der Waals surface area (Å²) in [6.07, 6.45) is 3.52. The van der Waals surface area contributed by atoms with E-state index in [9.17, 15) is 0 Å². The summed E-state index contributed by atoms with van der Waals surface area (Å²) in [5.41, 5.74) is 11.5. The Morgan fingerprint density at radius 1 is 1.23 bits per heavy atom. The summed E-state index contributed by atoms with van der Waals surface area (Å²) in [5.74, 6) is 0. The first-order chi connectivity index (χ1) is 12.5. The van der Waals surface area contributed by atoms with Gasteiger partial charge >= 0.3 is 0 Å². The molecule has 0 unspecified atom stereocenters. The van der Waals surface area contributed by atoms with Crippen molar-refractivity contribution in [1.29, 1.82) is 0 Å². The number of benzene rings is 2. The molecule has 3 N–H and O–H groups in total. The first kappa shape index (κ1) is 18.4. The van der Waals surface area contributed by atoms with E-state index in [0.29, 0.717) is 16.6 Å². The smallest absolute Gasteiger partial charge is 0.184 e. The Hall–Kier alpha value is -2.41. The zero-order valence-corrected chi connectivity index (χ0v) is 15.9. The maximum absolute atomic E-state index is 6.27. The number of halogens is 2. The molecule has 0 radical (unpaired) electrons. The van der Waals surface area contributed by atoms with Crippen LogP contribution in [0.15, 0.2) is 59.8 Å². The summed E-state index contributed by atoms with van der Waals surface area (Å²) in [4.78, 5) is 0. The van der Waals surface area contributed by atoms with Gasteiger partial charge in [0, 0.05) is 27.4 Å². The van der Waals surface area contributed by atoms with Crippen LogP contribution in [0.25, 0.3) is 11.3 Å². The molecule has 1 heterocycles. The van der Waals surface area contributed by atoms with Crippen LogP contribution in [-0.2, 0) is 6.54 Å². The average molecular weight is 404 g/mol. The monoisotopic (exact) mass is 403 g/mol. The summed E-state index contributed by atoms with van der Waals surface area (Å²) < 4.78 is 1.81. The number of nitrogens with one attached hydrogen (secondary N) is 1. The third-order valence-electron chi connectivity index (χ3n) is 3.56. The topological polar surface area (TPSA) is 68.2 Å². The van der Waals surface area contributed by atoms with Gasteiger partial charge in [-0.1, -0.05) is 59.6 Å². The molecule has 5 nitrogen and oxygen atoms in total. The largest absolute Gasteiger partial charge is 0.375 e. The Bertz CT molecular complexity index is 953. The maximum Gasteiger partial charge on any atom is 0.184 e. The number of nitrogens with zero attached hydrogens (tertiary/aromatic N) is 3. The molecule has 0 fully saturated rings. The van der Waals surface area contributed by atoms with E-state index in [1.54, 1.807) is 23.0 Å². The number of thiocarbonyl (C=S) groups is 1. The molecular formula is C18H15Cl2N5S. The van der Waals surface area contributed by atoms with Crippen LogP contribution >= 0.6 is 35.4 Å². The molecule has 0 bridgehead atoms. The van der Waals surface area contributed by atoms with Gasteiger partial charge in [-0.25, -0.2) is 0 Å². The van der Waals surface area contributed by atoms with E-state index in [4.69, 9.17) is 41.2 Å². The number of aromatic nitrogens is 2. The van der Waals surface area contributed by atoms with Gasteiger partial charge in [0.1, 0.15) is 5.69 Å². The van der Waals surface area contributed by atoms with Gasteiger partial charge in [-0.2, -0.15) is 10.2 Å². The van der Waals surface area contributed by atoms with Crippen LogP contribution in [0.3, 0.4) is 0 Å². The second kappa shape index (κ2) is 8.31. The Morgan fingerprint density at radius 3 is 2.69 bits per heavy atom. The summed E-state index contributed by atoms with van der Waals surface area (Å²) in [7, 11) is 0. The van der Waals surface area contributed by atoms with E-state index >= 15 is 0 Å². The van der Waals surface area contributed by atoms with Crippen molar-refractivity contribution < 1.29 is 0 Å². The van der Waals surface area contributed by atoms with Crippen LogP contribution < -0.4 is 11.2 Å². The van der Waals surface area contributed by atoms with Crippen molar-refractivity contribution in [2.24, 2.45) is 10.8 Å². The minimum atomic E-state index is 0.0999. The molecule has 0 atom stereocenters. The van der Waals surface area contributed by atoms with Crippen molar-refractivity contribution in [3.05, 3.63) is 75.9 Å². The average Bonchev–Trinajstić information content (AvgIpc) is 3.01. The molecule has 3 rings (SSSR count). The second-order valence-corrected chi connectivity index (χ2v) is 6.75. The highest BCUT2D eigenvalue weighted by atomic mass is 35.5. The van der Waals surface area contributed by atoms with Gasteiger partial charge in [0.2, 0.25) is 0 Å². The molecule has 0 aliphatic heterocycles. The summed E-state index contributed by atoms with van der Waals surface area (Å²) >= 11 is 17.0. The van der Waals surface area contributed by atoms with Crippen LogP contribution in [-0.4, -0.2) is 21.1 Å². The Labute approximate surface area is 166 Å². The first-order valence-electron chi connectivity index (χ1n) is 7.68. The number of hydrazone groups is 1. The third-order valence-corrected chi connectivity index (χ3v) is 4.24. The van der Waals surface area contributed by atoms with E-state index in [1.165, 1.54) is 0 Å². The van der Waals surface area contributed by atoms with Crippen LogP contribution in [0.4, 0.5) is 0 Å². The van der Waals surface area contributed by atoms with E-state index in [2.05, 4.69) is 15.6 Å². The normalized spacial score (nSPS) is 11.0. The first-order valence-corrected chi connectivity index (χ1v) is 8.84. The fraction of sp³-hybridized carbons (Fsp3) is 0.0556. The predicted molar refractivity (Wildman–Crippen MR) is 111 cm³/mol. The Kier molecular flexibility index (Phi) is 5.88. The maximum atomic E-state index is 6.27. The van der Waals surface area contributed by atoms with Crippen molar-refractivity contribution in [2.75, 3.05) is 0 Å². The fourth-order valence-corrected chi connectivity index (χ4v) is 2.94. The zero-order chi connectivity index (χ0) is 18.5. The van der Waals surface area contributed by atoms with E-state index < -0.39 is 0 Å². The van der Waals surface area contributed by atoms with Crippen molar-refractivity contribution >= 4 is 46.7 Å². The standard InChI is InChI=1S/C18H15Cl2N5S/c19-15-7-6-13(16(20)8-15)10-25-11-14(9-22-23-18(21)26)17(24-25)12-4-2-1-3-5-12/h1-9,11H,10H2,(H3,21,23,26). The van der Waals surface area contributed by atoms with Crippen molar-refractivity contribution in [3.8, 4) is 11.3 Å². The lowest BCUT2D eigenvalue weighted by molar-refractivity contribution is 0.689. The molecule has 0 spiro atoms. The molecule has 132 valence electrons. The van der Waals surface area contributed by atoms with Crippen molar-refractivity contribution in [1.82, 2.24) is 15.2 Å². The van der Waals surface area contributed by atoms with E-state index in [0.717, 1.165) is 22.4 Å². The number of hydrogen-bond donors (Lipinski definition) is 2. The fourth-order valence-electron chi connectivity index (χ4n) is 2.42. The van der Waals surface area contributed by atoms with Gasteiger partial charge in [-0.3, -0.25) is 10.1 Å². The van der Waals surface area contributed by atoms with Crippen molar-refractivity contribution in [2.45, 2.75) is 6.54 Å². The summed E-state index contributed by atoms with van der Waals surface area (Å²) in [5, 5.41) is 10.0. The molecule has 2 aromatic carbocycles. The van der Waals surface area contributed by atoms with Crippen LogP contribution in [0.2, 0.25) is 10.0 Å². The lowest BCUT2D eigenvalue weighted by Gasteiger charge is -2.05. The van der Waals surface area contributed by atoms with Gasteiger partial charge in [-0.05, 0) is 29.9 Å². The van der Waals surface area contributed by atoms with Gasteiger partial charge in [0.25, 0.3) is 0 Å². The van der Waals surface area contributed by atoms with Gasteiger partial charge in [0.05, 0.1) is 12.8 Å². The summed E-state index contributed by atoms with van der Waals surface area (Å²) in [6.45, 7) is 0.506. The molecule has 0 aliphatic rings. The zero-order valence-electron chi connectivity index (χ0n) is 13.6. The highest BCUT2D eigenvalue weighted by Crippen LogP contribution is 2.24. The molecule has 0 saturated heterocycles. The number of hydrogen-bond acceptors (Lipinski definition) is 3. The quantitative estimate of drug-likeness (QED) is 0.382. The minimum Gasteiger partial charge on any atom is -0.375 e. The van der Waals surface area contributed by atoms with Gasteiger partial charge in [0.15, 0.2) is 5.11 Å². The number of rotatable bonds is 5. The minimum absolute atomic E-state index is 0.0999. The molecule has 26 heavy (non-hydrogen) atoms. The van der Waals surface area contributed by atoms with Crippen LogP contribution in [0.1, 0.15) is 11.1 Å². The lowest BCUT2D eigenvalue weighted by atomic mass is 10.1. The highest BCUT2D eigenvalue weighted by Gasteiger charge is 2.11. The lowest BCUT2D eigenvalue weighted by Crippen LogP contribution is -2.24. The van der Waals surface area contributed by atoms with Gasteiger partial charge < -0.3 is 5.73 Å². The van der Waals surface area contributed by atoms with Crippen LogP contribution in [0, 0.1) is 0 Å². The second-order valence-electron chi connectivity index (χ2n) is 5.47. The SMILES string of the molecule is NC(=S)NN=Cc1cn(Cc2ccc(Cl)cc2Cl)nc1-c1ccccc1. The molecule has 1 aromatic heterocycles.